The van der Waals surface area contributed by atoms with Gasteiger partial charge in [-0.05, 0) is 15.9 Å². The molecule has 0 aliphatic carbocycles. The molecule has 5 nitrogen and oxygen atoms in total. The molecule has 1 aromatic rings. The van der Waals surface area contributed by atoms with E-state index in [-0.39, 0.29) is 9.63 Å². The van der Waals surface area contributed by atoms with Crippen molar-refractivity contribution in [3.8, 4) is 0 Å². The molecule has 56 valence electrons. The van der Waals surface area contributed by atoms with Gasteiger partial charge < -0.3 is 4.98 Å². The van der Waals surface area contributed by atoms with Crippen molar-refractivity contribution >= 4 is 26.0 Å². The predicted molar refractivity (Wildman–Crippen MR) is 37.7 cm³/mol. The normalized spacial score (nSPS) is 11.8. The minimum absolute atomic E-state index is 0.104. The van der Waals surface area contributed by atoms with E-state index in [1.54, 1.807) is 0 Å². The van der Waals surface area contributed by atoms with Crippen LogP contribution in [0.3, 0.4) is 0 Å². The molecule has 0 atom stereocenters. The average molecular weight is 226 g/mol. The molecule has 0 fully saturated rings. The van der Waals surface area contributed by atoms with Crippen molar-refractivity contribution in [1.82, 2.24) is 9.97 Å². The topological polar surface area (TPSA) is 88.8 Å². The predicted octanol–water partition coefficient (Wildman–Crippen LogP) is -0.180. The Morgan fingerprint density at radius 2 is 2.30 bits per heavy atom. The molecular formula is C3H4BrN3O2S. The van der Waals surface area contributed by atoms with Gasteiger partial charge in [-0.3, -0.25) is 0 Å². The molecule has 0 aromatic carbocycles. The fraction of sp³-hybridized carbons (Fsp3) is 0. The molecule has 0 saturated carbocycles. The van der Waals surface area contributed by atoms with Gasteiger partial charge in [-0.2, -0.15) is 0 Å². The van der Waals surface area contributed by atoms with Crippen molar-refractivity contribution in [2.75, 3.05) is 0 Å². The second kappa shape index (κ2) is 2.33. The standard InChI is InChI=1S/C3H4BrN3O2S/c4-2-3(7-1-6-2)10(5,8)9/h1H,(H,6,7)(H2,5,8,9). The Morgan fingerprint density at radius 3 is 2.50 bits per heavy atom. The summed E-state index contributed by atoms with van der Waals surface area (Å²) in [5.41, 5.74) is 0. The van der Waals surface area contributed by atoms with Gasteiger partial charge in [0.2, 0.25) is 0 Å². The highest BCUT2D eigenvalue weighted by Gasteiger charge is 2.13. The third kappa shape index (κ3) is 1.36. The van der Waals surface area contributed by atoms with Crippen molar-refractivity contribution in [3.63, 3.8) is 0 Å². The van der Waals surface area contributed by atoms with Crippen LogP contribution in [0.5, 0.6) is 0 Å². The zero-order valence-electron chi connectivity index (χ0n) is 4.70. The summed E-state index contributed by atoms with van der Waals surface area (Å²) < 4.78 is 21.4. The van der Waals surface area contributed by atoms with Gasteiger partial charge in [0, 0.05) is 0 Å². The van der Waals surface area contributed by atoms with Crippen LogP contribution in [0.2, 0.25) is 0 Å². The van der Waals surface area contributed by atoms with Crippen LogP contribution in [0.4, 0.5) is 0 Å². The molecule has 0 radical (unpaired) electrons. The largest absolute Gasteiger partial charge is 0.334 e. The lowest BCUT2D eigenvalue weighted by atomic mass is 10.9. The Morgan fingerprint density at radius 1 is 1.70 bits per heavy atom. The fourth-order valence-electron chi connectivity index (χ4n) is 0.465. The SMILES string of the molecule is NS(=O)(=O)c1[nH]cnc1Br. The van der Waals surface area contributed by atoms with E-state index in [0.29, 0.717) is 0 Å². The minimum Gasteiger partial charge on any atom is -0.334 e. The number of sulfonamides is 1. The molecule has 0 amide bonds. The maximum absolute atomic E-state index is 10.6. The molecule has 7 heteroatoms. The number of rotatable bonds is 1. The molecule has 0 unspecified atom stereocenters. The summed E-state index contributed by atoms with van der Waals surface area (Å²) in [6.45, 7) is 0. The van der Waals surface area contributed by atoms with Crippen molar-refractivity contribution in [2.24, 2.45) is 5.14 Å². The van der Waals surface area contributed by atoms with E-state index in [1.165, 1.54) is 6.33 Å². The van der Waals surface area contributed by atoms with Gasteiger partial charge in [0.1, 0.15) is 4.60 Å². The van der Waals surface area contributed by atoms with Crippen molar-refractivity contribution in [1.29, 1.82) is 0 Å². The molecule has 0 bridgehead atoms. The van der Waals surface area contributed by atoms with Crippen LogP contribution in [-0.2, 0) is 10.0 Å². The van der Waals surface area contributed by atoms with Gasteiger partial charge >= 0.3 is 0 Å². The molecule has 0 spiro atoms. The number of hydrogen-bond donors (Lipinski definition) is 2. The van der Waals surface area contributed by atoms with Gasteiger partial charge in [-0.15, -0.1) is 0 Å². The number of nitrogens with one attached hydrogen (secondary N) is 1. The second-order valence-electron chi connectivity index (χ2n) is 1.57. The highest BCUT2D eigenvalue weighted by molar-refractivity contribution is 9.10. The average Bonchev–Trinajstić information content (AvgIpc) is 2.11. The number of primary sulfonamides is 1. The molecule has 1 heterocycles. The van der Waals surface area contributed by atoms with Gasteiger partial charge in [0.05, 0.1) is 6.33 Å². The number of imidazole rings is 1. The Balaban J connectivity index is 3.32. The van der Waals surface area contributed by atoms with Crippen LogP contribution in [0.1, 0.15) is 0 Å². The fourth-order valence-corrected chi connectivity index (χ4v) is 1.86. The molecule has 1 rings (SSSR count). The zero-order valence-corrected chi connectivity index (χ0v) is 7.11. The van der Waals surface area contributed by atoms with Crippen LogP contribution >= 0.6 is 15.9 Å². The summed E-state index contributed by atoms with van der Waals surface area (Å²) >= 11 is 2.90. The van der Waals surface area contributed by atoms with Crippen LogP contribution in [0.25, 0.3) is 0 Å². The molecular weight excluding hydrogens is 222 g/mol. The molecule has 0 aliphatic heterocycles. The van der Waals surface area contributed by atoms with E-state index in [2.05, 4.69) is 25.9 Å². The first-order valence-corrected chi connectivity index (χ1v) is 4.57. The number of H-pyrrole nitrogens is 1. The molecule has 1 aromatic heterocycles. The lowest BCUT2D eigenvalue weighted by Crippen LogP contribution is -2.12. The van der Waals surface area contributed by atoms with Crippen LogP contribution in [-0.4, -0.2) is 18.4 Å². The molecule has 0 saturated heterocycles. The zero-order chi connectivity index (χ0) is 7.78. The highest BCUT2D eigenvalue weighted by atomic mass is 79.9. The summed E-state index contributed by atoms with van der Waals surface area (Å²) in [4.78, 5) is 5.96. The lowest BCUT2D eigenvalue weighted by Gasteiger charge is -1.90. The van der Waals surface area contributed by atoms with E-state index in [4.69, 9.17) is 5.14 Å². The smallest absolute Gasteiger partial charge is 0.256 e. The first-order valence-electron chi connectivity index (χ1n) is 2.23. The number of nitrogens with zero attached hydrogens (tertiary/aromatic N) is 1. The van der Waals surface area contributed by atoms with Crippen LogP contribution < -0.4 is 5.14 Å². The Labute approximate surface area is 65.8 Å². The Hall–Kier alpha value is -0.400. The van der Waals surface area contributed by atoms with E-state index in [9.17, 15) is 8.42 Å². The van der Waals surface area contributed by atoms with E-state index in [1.807, 2.05) is 0 Å². The summed E-state index contributed by atoms with van der Waals surface area (Å²) in [7, 11) is -3.66. The second-order valence-corrected chi connectivity index (χ2v) is 3.82. The van der Waals surface area contributed by atoms with Crippen LogP contribution in [0, 0.1) is 0 Å². The van der Waals surface area contributed by atoms with Gasteiger partial charge in [0.15, 0.2) is 5.03 Å². The molecule has 10 heavy (non-hydrogen) atoms. The van der Waals surface area contributed by atoms with Crippen molar-refractivity contribution in [3.05, 3.63) is 10.9 Å². The van der Waals surface area contributed by atoms with Gasteiger partial charge in [0.25, 0.3) is 10.0 Å². The number of aromatic nitrogens is 2. The first-order chi connectivity index (χ1) is 4.52. The van der Waals surface area contributed by atoms with Crippen molar-refractivity contribution < 1.29 is 8.42 Å². The molecule has 3 N–H and O–H groups in total. The monoisotopic (exact) mass is 225 g/mol. The number of aromatic amines is 1. The lowest BCUT2D eigenvalue weighted by molar-refractivity contribution is 0.594. The Bertz CT molecular complexity index is 329. The van der Waals surface area contributed by atoms with Gasteiger partial charge in [-0.1, -0.05) is 0 Å². The number of nitrogens with two attached hydrogens (primary N) is 1. The summed E-state index contributed by atoms with van der Waals surface area (Å²) in [6.07, 6.45) is 1.24. The first kappa shape index (κ1) is 7.70. The number of halogens is 1. The highest BCUT2D eigenvalue weighted by Crippen LogP contribution is 2.13. The van der Waals surface area contributed by atoms with Crippen molar-refractivity contribution in [2.45, 2.75) is 5.03 Å². The maximum Gasteiger partial charge on any atom is 0.256 e. The quantitative estimate of drug-likeness (QED) is 0.695. The minimum atomic E-state index is -3.66. The van der Waals surface area contributed by atoms with Crippen LogP contribution in [0.15, 0.2) is 16.0 Å². The summed E-state index contributed by atoms with van der Waals surface area (Å²) in [5, 5.41) is 4.67. The van der Waals surface area contributed by atoms with Gasteiger partial charge in [-0.25, -0.2) is 18.5 Å². The van der Waals surface area contributed by atoms with E-state index in [0.717, 1.165) is 0 Å². The maximum atomic E-state index is 10.6. The molecule has 0 aliphatic rings. The van der Waals surface area contributed by atoms with E-state index < -0.39 is 10.0 Å². The summed E-state index contributed by atoms with van der Waals surface area (Å²) in [6, 6.07) is 0. The third-order valence-corrected chi connectivity index (χ3v) is 2.59. The Kier molecular flexibility index (Phi) is 1.80. The number of hydrogen-bond acceptors (Lipinski definition) is 3. The summed E-state index contributed by atoms with van der Waals surface area (Å²) in [5.74, 6) is 0. The third-order valence-electron chi connectivity index (χ3n) is 0.845. The van der Waals surface area contributed by atoms with E-state index >= 15 is 0 Å².